The van der Waals surface area contributed by atoms with Crippen LogP contribution in [0.25, 0.3) is 0 Å². The Morgan fingerprint density at radius 3 is 3.19 bits per heavy atom. The predicted octanol–water partition coefficient (Wildman–Crippen LogP) is 0.854. The summed E-state index contributed by atoms with van der Waals surface area (Å²) in [4.78, 5) is 0. The van der Waals surface area contributed by atoms with Crippen LogP contribution in [0, 0.1) is 17.2 Å². The van der Waals surface area contributed by atoms with Crippen LogP contribution < -0.4 is 10.5 Å². The van der Waals surface area contributed by atoms with Gasteiger partial charge in [-0.05, 0) is 31.9 Å². The lowest BCUT2D eigenvalue weighted by Gasteiger charge is -2.19. The van der Waals surface area contributed by atoms with Gasteiger partial charge in [0, 0.05) is 5.92 Å². The number of nitriles is 1. The van der Waals surface area contributed by atoms with Crippen molar-refractivity contribution in [2.75, 3.05) is 6.54 Å². The van der Waals surface area contributed by atoms with Crippen molar-refractivity contribution in [3.63, 3.8) is 0 Å². The van der Waals surface area contributed by atoms with E-state index in [2.05, 4.69) is 10.2 Å². The molecule has 0 spiro atoms. The molecule has 84 valence electrons. The fourth-order valence-electron chi connectivity index (χ4n) is 2.06. The fourth-order valence-corrected chi connectivity index (χ4v) is 2.06. The smallest absolute Gasteiger partial charge is 0.251 e. The summed E-state index contributed by atoms with van der Waals surface area (Å²) in [5.41, 5.74) is 6.10. The van der Waals surface area contributed by atoms with Crippen LogP contribution >= 0.6 is 0 Å². The van der Waals surface area contributed by atoms with E-state index in [4.69, 9.17) is 15.7 Å². The Bertz CT molecular complexity index is 401. The number of ether oxygens (including phenoxy) is 1. The molecule has 2 rings (SSSR count). The molecule has 1 aromatic rings. The zero-order chi connectivity index (χ0) is 11.4. The van der Waals surface area contributed by atoms with Crippen LogP contribution in [-0.4, -0.2) is 22.8 Å². The molecular weight excluding hydrogens is 204 g/mol. The molecule has 5 heteroatoms. The SMILES string of the molecule is N#Cc1ccnnc1OC1CCCC1CN. The summed E-state index contributed by atoms with van der Waals surface area (Å²) < 4.78 is 5.72. The second-order valence-corrected chi connectivity index (χ2v) is 3.94. The highest BCUT2D eigenvalue weighted by molar-refractivity contribution is 5.35. The van der Waals surface area contributed by atoms with Gasteiger partial charge in [0.15, 0.2) is 0 Å². The van der Waals surface area contributed by atoms with Gasteiger partial charge in [0.25, 0.3) is 5.88 Å². The normalized spacial score (nSPS) is 24.0. The first-order valence-corrected chi connectivity index (χ1v) is 5.43. The average Bonchev–Trinajstić information content (AvgIpc) is 2.77. The first kappa shape index (κ1) is 10.8. The van der Waals surface area contributed by atoms with Crippen molar-refractivity contribution in [2.45, 2.75) is 25.4 Å². The molecule has 1 aliphatic rings. The van der Waals surface area contributed by atoms with Gasteiger partial charge in [0.05, 0.1) is 6.20 Å². The minimum absolute atomic E-state index is 0.0776. The molecule has 5 nitrogen and oxygen atoms in total. The van der Waals surface area contributed by atoms with Gasteiger partial charge >= 0.3 is 0 Å². The molecule has 0 amide bonds. The summed E-state index contributed by atoms with van der Waals surface area (Å²) in [6.07, 6.45) is 4.75. The molecule has 2 unspecified atom stereocenters. The monoisotopic (exact) mass is 218 g/mol. The Balaban J connectivity index is 2.12. The van der Waals surface area contributed by atoms with Crippen LogP contribution in [0.3, 0.4) is 0 Å². The molecule has 0 bridgehead atoms. The second-order valence-electron chi connectivity index (χ2n) is 3.94. The maximum atomic E-state index is 8.89. The van der Waals surface area contributed by atoms with E-state index in [9.17, 15) is 0 Å². The Morgan fingerprint density at radius 1 is 1.56 bits per heavy atom. The standard InChI is InChI=1S/C11H14N4O/c12-6-8-2-1-3-10(8)16-11-9(7-13)4-5-14-15-11/h4-5,8,10H,1-3,6,12H2. The first-order chi connectivity index (χ1) is 7.85. The van der Waals surface area contributed by atoms with Crippen LogP contribution in [0.5, 0.6) is 5.88 Å². The number of nitrogens with two attached hydrogens (primary N) is 1. The average molecular weight is 218 g/mol. The van der Waals surface area contributed by atoms with Crippen molar-refractivity contribution in [3.8, 4) is 11.9 Å². The molecule has 0 saturated heterocycles. The van der Waals surface area contributed by atoms with E-state index in [1.807, 2.05) is 6.07 Å². The molecule has 0 aliphatic heterocycles. The maximum absolute atomic E-state index is 8.89. The van der Waals surface area contributed by atoms with E-state index in [1.54, 1.807) is 6.07 Å². The summed E-state index contributed by atoms with van der Waals surface area (Å²) in [6.45, 7) is 0.618. The highest BCUT2D eigenvalue weighted by Crippen LogP contribution is 2.29. The quantitative estimate of drug-likeness (QED) is 0.813. The van der Waals surface area contributed by atoms with Crippen molar-refractivity contribution in [1.82, 2.24) is 10.2 Å². The van der Waals surface area contributed by atoms with Crippen LogP contribution in [-0.2, 0) is 0 Å². The van der Waals surface area contributed by atoms with Gasteiger partial charge in [0.2, 0.25) is 0 Å². The van der Waals surface area contributed by atoms with E-state index < -0.39 is 0 Å². The van der Waals surface area contributed by atoms with Gasteiger partial charge in [-0.3, -0.25) is 0 Å². The maximum Gasteiger partial charge on any atom is 0.251 e. The lowest BCUT2D eigenvalue weighted by molar-refractivity contribution is 0.153. The molecule has 16 heavy (non-hydrogen) atoms. The second kappa shape index (κ2) is 4.90. The number of rotatable bonds is 3. The summed E-state index contributed by atoms with van der Waals surface area (Å²) in [5, 5.41) is 16.5. The Labute approximate surface area is 94.2 Å². The van der Waals surface area contributed by atoms with Crippen LogP contribution in [0.2, 0.25) is 0 Å². The largest absolute Gasteiger partial charge is 0.472 e. The third kappa shape index (κ3) is 2.12. The van der Waals surface area contributed by atoms with E-state index >= 15 is 0 Å². The molecule has 1 heterocycles. The van der Waals surface area contributed by atoms with Crippen LogP contribution in [0.1, 0.15) is 24.8 Å². The van der Waals surface area contributed by atoms with Crippen LogP contribution in [0.15, 0.2) is 12.3 Å². The zero-order valence-corrected chi connectivity index (χ0v) is 8.97. The summed E-state index contributed by atoms with van der Waals surface area (Å²) in [5.74, 6) is 0.698. The van der Waals surface area contributed by atoms with Crippen LogP contribution in [0.4, 0.5) is 0 Å². The Hall–Kier alpha value is -1.67. The van der Waals surface area contributed by atoms with E-state index in [0.717, 1.165) is 19.3 Å². The molecular formula is C11H14N4O. The van der Waals surface area contributed by atoms with Gasteiger partial charge in [-0.2, -0.15) is 10.4 Å². The van der Waals surface area contributed by atoms with E-state index in [1.165, 1.54) is 6.20 Å². The number of hydrogen-bond donors (Lipinski definition) is 1. The molecule has 1 aliphatic carbocycles. The number of aromatic nitrogens is 2. The van der Waals surface area contributed by atoms with Gasteiger partial charge in [-0.25, -0.2) is 0 Å². The van der Waals surface area contributed by atoms with Crippen molar-refractivity contribution in [1.29, 1.82) is 5.26 Å². The van der Waals surface area contributed by atoms with Crippen molar-refractivity contribution < 1.29 is 4.74 Å². The Kier molecular flexibility index (Phi) is 3.32. The topological polar surface area (TPSA) is 84.8 Å². The summed E-state index contributed by atoms with van der Waals surface area (Å²) >= 11 is 0. The summed E-state index contributed by atoms with van der Waals surface area (Å²) in [6, 6.07) is 3.65. The molecule has 1 aromatic heterocycles. The fraction of sp³-hybridized carbons (Fsp3) is 0.545. The molecule has 1 fully saturated rings. The van der Waals surface area contributed by atoms with E-state index in [0.29, 0.717) is 23.9 Å². The third-order valence-electron chi connectivity index (χ3n) is 2.96. The molecule has 0 aromatic carbocycles. The third-order valence-corrected chi connectivity index (χ3v) is 2.96. The minimum Gasteiger partial charge on any atom is -0.472 e. The lowest BCUT2D eigenvalue weighted by Crippen LogP contribution is -2.28. The lowest BCUT2D eigenvalue weighted by atomic mass is 10.1. The molecule has 2 N–H and O–H groups in total. The molecule has 1 saturated carbocycles. The van der Waals surface area contributed by atoms with Crippen molar-refractivity contribution >= 4 is 0 Å². The van der Waals surface area contributed by atoms with Crippen molar-refractivity contribution in [3.05, 3.63) is 17.8 Å². The highest BCUT2D eigenvalue weighted by Gasteiger charge is 2.28. The van der Waals surface area contributed by atoms with Gasteiger partial charge < -0.3 is 10.5 Å². The highest BCUT2D eigenvalue weighted by atomic mass is 16.5. The zero-order valence-electron chi connectivity index (χ0n) is 8.97. The predicted molar refractivity (Wildman–Crippen MR) is 57.6 cm³/mol. The number of hydrogen-bond acceptors (Lipinski definition) is 5. The van der Waals surface area contributed by atoms with Crippen molar-refractivity contribution in [2.24, 2.45) is 11.7 Å². The van der Waals surface area contributed by atoms with Gasteiger partial charge in [0.1, 0.15) is 17.7 Å². The summed E-state index contributed by atoms with van der Waals surface area (Å²) in [7, 11) is 0. The number of nitrogens with zero attached hydrogens (tertiary/aromatic N) is 3. The Morgan fingerprint density at radius 2 is 2.44 bits per heavy atom. The molecule has 0 radical (unpaired) electrons. The van der Waals surface area contributed by atoms with Gasteiger partial charge in [-0.15, -0.1) is 5.10 Å². The molecule has 2 atom stereocenters. The first-order valence-electron chi connectivity index (χ1n) is 5.43. The van der Waals surface area contributed by atoms with E-state index in [-0.39, 0.29) is 6.10 Å². The minimum atomic E-state index is 0.0776. The van der Waals surface area contributed by atoms with Gasteiger partial charge in [-0.1, -0.05) is 0 Å².